The van der Waals surface area contributed by atoms with E-state index in [1.54, 1.807) is 0 Å². The van der Waals surface area contributed by atoms with Gasteiger partial charge < -0.3 is 5.11 Å². The largest absolute Gasteiger partial charge is 0.393 e. The molecule has 0 saturated heterocycles. The van der Waals surface area contributed by atoms with E-state index in [0.717, 1.165) is 19.3 Å². The zero-order valence-corrected chi connectivity index (χ0v) is 8.10. The first-order chi connectivity index (χ1) is 5.77. The normalized spacial score (nSPS) is 13.2. The van der Waals surface area contributed by atoms with Crippen LogP contribution in [0, 0.1) is 13.8 Å². The standard InChI is InChI=1S/C11H22O/c1-3-4-5-6-7-8-9-10-11(2)12/h11-12H,1-10H2. The molecular weight excluding hydrogens is 148 g/mol. The van der Waals surface area contributed by atoms with Crippen LogP contribution in [0.15, 0.2) is 0 Å². The molecule has 0 aliphatic heterocycles. The smallest absolute Gasteiger partial charge is 0.0541 e. The second-order valence-corrected chi connectivity index (χ2v) is 3.42. The van der Waals surface area contributed by atoms with Gasteiger partial charge in [0.25, 0.3) is 0 Å². The Hall–Kier alpha value is -0.0400. The number of unbranched alkanes of at least 4 members (excludes halogenated alkanes) is 6. The predicted molar refractivity (Wildman–Crippen MR) is 53.7 cm³/mol. The minimum absolute atomic E-state index is 0.357. The van der Waals surface area contributed by atoms with E-state index >= 15 is 0 Å². The average Bonchev–Trinajstić information content (AvgIpc) is 2.02. The molecule has 0 rings (SSSR count). The molecule has 0 aliphatic carbocycles. The Labute approximate surface area is 77.2 Å². The first kappa shape index (κ1) is 12.0. The molecule has 0 saturated carbocycles. The summed E-state index contributed by atoms with van der Waals surface area (Å²) < 4.78 is 0. The maximum atomic E-state index is 8.87. The molecule has 1 atom stereocenters. The minimum Gasteiger partial charge on any atom is -0.393 e. The second kappa shape index (κ2) is 9.05. The van der Waals surface area contributed by atoms with Crippen LogP contribution in [-0.4, -0.2) is 11.2 Å². The van der Waals surface area contributed by atoms with E-state index in [0.29, 0.717) is 0 Å². The summed E-state index contributed by atoms with van der Waals surface area (Å²) in [4.78, 5) is 0. The first-order valence-electron chi connectivity index (χ1n) is 5.07. The van der Waals surface area contributed by atoms with Gasteiger partial charge in [-0.2, -0.15) is 0 Å². The molecule has 0 fully saturated rings. The number of aliphatic hydroxyl groups excluding tert-OH is 1. The summed E-state index contributed by atoms with van der Waals surface area (Å²) in [5, 5.41) is 8.87. The van der Waals surface area contributed by atoms with Crippen LogP contribution in [-0.2, 0) is 0 Å². The Morgan fingerprint density at radius 1 is 0.917 bits per heavy atom. The summed E-state index contributed by atoms with van der Waals surface area (Å²) in [6, 6.07) is 0. The minimum atomic E-state index is -0.357. The van der Waals surface area contributed by atoms with Gasteiger partial charge in [0.2, 0.25) is 0 Å². The molecule has 12 heavy (non-hydrogen) atoms. The van der Waals surface area contributed by atoms with Crippen molar-refractivity contribution in [2.45, 2.75) is 57.5 Å². The van der Waals surface area contributed by atoms with E-state index in [9.17, 15) is 0 Å². The molecule has 0 aromatic carbocycles. The van der Waals surface area contributed by atoms with Crippen molar-refractivity contribution in [2.24, 2.45) is 0 Å². The lowest BCUT2D eigenvalue weighted by molar-refractivity contribution is 0.205. The van der Waals surface area contributed by atoms with Crippen molar-refractivity contribution >= 4 is 0 Å². The molecule has 0 aromatic rings. The molecule has 1 unspecified atom stereocenters. The van der Waals surface area contributed by atoms with Crippen LogP contribution in [0.2, 0.25) is 0 Å². The molecule has 0 heterocycles. The van der Waals surface area contributed by atoms with Gasteiger partial charge in [0.15, 0.2) is 0 Å². The molecule has 0 aromatic heterocycles. The van der Waals surface area contributed by atoms with Crippen molar-refractivity contribution in [3.05, 3.63) is 13.8 Å². The Morgan fingerprint density at radius 2 is 1.42 bits per heavy atom. The molecule has 0 aliphatic rings. The van der Waals surface area contributed by atoms with Gasteiger partial charge >= 0.3 is 0 Å². The average molecular weight is 170 g/mol. The highest BCUT2D eigenvalue weighted by Crippen LogP contribution is 2.09. The van der Waals surface area contributed by atoms with Gasteiger partial charge in [-0.05, 0) is 13.3 Å². The Morgan fingerprint density at radius 3 is 1.92 bits per heavy atom. The number of hydrogen-bond donors (Lipinski definition) is 1. The highest BCUT2D eigenvalue weighted by molar-refractivity contribution is 4.56. The summed E-state index contributed by atoms with van der Waals surface area (Å²) in [7, 11) is 0. The molecule has 0 bridgehead atoms. The van der Waals surface area contributed by atoms with Crippen molar-refractivity contribution in [1.29, 1.82) is 0 Å². The van der Waals surface area contributed by atoms with E-state index in [4.69, 9.17) is 5.11 Å². The maximum absolute atomic E-state index is 8.87. The van der Waals surface area contributed by atoms with Crippen LogP contribution in [0.4, 0.5) is 0 Å². The highest BCUT2D eigenvalue weighted by atomic mass is 16.3. The first-order valence-corrected chi connectivity index (χ1v) is 5.07. The highest BCUT2D eigenvalue weighted by Gasteiger charge is 1.95. The second-order valence-electron chi connectivity index (χ2n) is 3.42. The zero-order valence-electron chi connectivity index (χ0n) is 8.10. The van der Waals surface area contributed by atoms with E-state index in [1.165, 1.54) is 32.1 Å². The molecule has 0 amide bonds. The molecule has 2 radical (unpaired) electrons. The van der Waals surface area contributed by atoms with E-state index in [1.807, 2.05) is 0 Å². The SMILES string of the molecule is [CH2]CCCCCCCCC([CH2])O. The number of aliphatic hydroxyl groups is 1. The molecule has 1 heteroatoms. The summed E-state index contributed by atoms with van der Waals surface area (Å²) in [5.41, 5.74) is 0. The Bertz CT molecular complexity index is 79.1. The van der Waals surface area contributed by atoms with E-state index in [-0.39, 0.29) is 6.10 Å². The monoisotopic (exact) mass is 170 g/mol. The van der Waals surface area contributed by atoms with Crippen molar-refractivity contribution < 1.29 is 5.11 Å². The summed E-state index contributed by atoms with van der Waals surface area (Å²) in [6.07, 6.45) is 9.13. The van der Waals surface area contributed by atoms with Crippen molar-refractivity contribution in [1.82, 2.24) is 0 Å². The fraction of sp³-hybridized carbons (Fsp3) is 0.818. The lowest BCUT2D eigenvalue weighted by atomic mass is 10.1. The summed E-state index contributed by atoms with van der Waals surface area (Å²) >= 11 is 0. The molecule has 1 N–H and O–H groups in total. The third kappa shape index (κ3) is 9.96. The van der Waals surface area contributed by atoms with Crippen molar-refractivity contribution in [3.8, 4) is 0 Å². The Kier molecular flexibility index (Phi) is 9.02. The van der Waals surface area contributed by atoms with Crippen molar-refractivity contribution in [3.63, 3.8) is 0 Å². The fourth-order valence-electron chi connectivity index (χ4n) is 1.26. The van der Waals surface area contributed by atoms with Crippen LogP contribution < -0.4 is 0 Å². The van der Waals surface area contributed by atoms with Crippen LogP contribution in [0.1, 0.15) is 51.4 Å². The van der Waals surface area contributed by atoms with Gasteiger partial charge in [-0.25, -0.2) is 0 Å². The lowest BCUT2D eigenvalue weighted by Gasteiger charge is -2.03. The van der Waals surface area contributed by atoms with Crippen molar-refractivity contribution in [2.75, 3.05) is 0 Å². The summed E-state index contributed by atoms with van der Waals surface area (Å²) in [6.45, 7) is 7.33. The van der Waals surface area contributed by atoms with Gasteiger partial charge in [-0.15, -0.1) is 0 Å². The zero-order chi connectivity index (χ0) is 9.23. The maximum Gasteiger partial charge on any atom is 0.0541 e. The van der Waals surface area contributed by atoms with Crippen LogP contribution in [0.3, 0.4) is 0 Å². The molecular formula is C11H22O. The van der Waals surface area contributed by atoms with E-state index < -0.39 is 0 Å². The van der Waals surface area contributed by atoms with Gasteiger partial charge in [0.1, 0.15) is 0 Å². The van der Waals surface area contributed by atoms with Gasteiger partial charge in [-0.1, -0.05) is 51.9 Å². The molecule has 0 spiro atoms. The lowest BCUT2D eigenvalue weighted by Crippen LogP contribution is -1.98. The molecule has 72 valence electrons. The predicted octanol–water partition coefficient (Wildman–Crippen LogP) is 3.14. The van der Waals surface area contributed by atoms with Gasteiger partial charge in [0, 0.05) is 0 Å². The van der Waals surface area contributed by atoms with Gasteiger partial charge in [-0.3, -0.25) is 0 Å². The van der Waals surface area contributed by atoms with Crippen LogP contribution >= 0.6 is 0 Å². The van der Waals surface area contributed by atoms with Crippen LogP contribution in [0.25, 0.3) is 0 Å². The third-order valence-corrected chi connectivity index (χ3v) is 2.04. The number of rotatable bonds is 8. The van der Waals surface area contributed by atoms with E-state index in [2.05, 4.69) is 13.8 Å². The molecule has 1 nitrogen and oxygen atoms in total. The Balaban J connectivity index is 2.82. The number of hydrogen-bond acceptors (Lipinski definition) is 1. The fourth-order valence-corrected chi connectivity index (χ4v) is 1.26. The van der Waals surface area contributed by atoms with Crippen LogP contribution in [0.5, 0.6) is 0 Å². The quantitative estimate of drug-likeness (QED) is 0.555. The third-order valence-electron chi connectivity index (χ3n) is 2.04. The summed E-state index contributed by atoms with van der Waals surface area (Å²) in [5.74, 6) is 0. The van der Waals surface area contributed by atoms with Gasteiger partial charge in [0.05, 0.1) is 6.10 Å². The topological polar surface area (TPSA) is 20.2 Å².